The van der Waals surface area contributed by atoms with Crippen LogP contribution in [0.3, 0.4) is 0 Å². The standard InChI is InChI=1S/C15H13N3O3S2/c19-15(14-9-22-11-16-14)17-13-6-7-18(8-13)23(20,21)10-12-4-2-1-3-5-12/h1-9,11H,10H2,(H,17,19). The molecule has 0 spiro atoms. The summed E-state index contributed by atoms with van der Waals surface area (Å²) in [6, 6.07) is 10.5. The van der Waals surface area contributed by atoms with E-state index in [1.807, 2.05) is 6.07 Å². The fourth-order valence-electron chi connectivity index (χ4n) is 2.00. The maximum atomic E-state index is 12.4. The SMILES string of the molecule is O=C(Nc1ccn(S(=O)(=O)Cc2ccccc2)c1)c1cscn1. The van der Waals surface area contributed by atoms with Gasteiger partial charge in [0.15, 0.2) is 0 Å². The highest BCUT2D eigenvalue weighted by atomic mass is 32.2. The molecule has 0 saturated heterocycles. The molecule has 0 saturated carbocycles. The lowest BCUT2D eigenvalue weighted by Crippen LogP contribution is -2.14. The summed E-state index contributed by atoms with van der Waals surface area (Å²) in [5.41, 5.74) is 2.97. The second kappa shape index (κ2) is 6.35. The van der Waals surface area contributed by atoms with E-state index in [-0.39, 0.29) is 11.7 Å². The van der Waals surface area contributed by atoms with E-state index in [1.54, 1.807) is 35.2 Å². The van der Waals surface area contributed by atoms with Crippen molar-refractivity contribution in [3.05, 3.63) is 70.9 Å². The van der Waals surface area contributed by atoms with E-state index >= 15 is 0 Å². The molecule has 0 aliphatic carbocycles. The molecule has 0 fully saturated rings. The smallest absolute Gasteiger partial charge is 0.275 e. The predicted octanol–water partition coefficient (Wildman–Crippen LogP) is 2.58. The van der Waals surface area contributed by atoms with Gasteiger partial charge in [0.05, 0.1) is 17.0 Å². The molecule has 1 aromatic carbocycles. The maximum absolute atomic E-state index is 12.4. The molecule has 118 valence electrons. The number of benzene rings is 1. The zero-order valence-corrected chi connectivity index (χ0v) is 13.5. The number of thiazole rings is 1. The number of rotatable bonds is 5. The molecule has 0 bridgehead atoms. The lowest BCUT2D eigenvalue weighted by Gasteiger charge is -2.05. The second-order valence-electron chi connectivity index (χ2n) is 4.80. The first-order valence-corrected chi connectivity index (χ1v) is 9.24. The Morgan fingerprint density at radius 2 is 2.00 bits per heavy atom. The fraction of sp³-hybridized carbons (Fsp3) is 0.0667. The van der Waals surface area contributed by atoms with Crippen LogP contribution in [0.2, 0.25) is 0 Å². The first-order valence-electron chi connectivity index (χ1n) is 6.69. The van der Waals surface area contributed by atoms with E-state index in [0.29, 0.717) is 16.9 Å². The minimum Gasteiger partial charge on any atom is -0.319 e. The van der Waals surface area contributed by atoms with Gasteiger partial charge in [-0.3, -0.25) is 8.77 Å². The number of aromatic nitrogens is 2. The van der Waals surface area contributed by atoms with Crippen molar-refractivity contribution in [3.63, 3.8) is 0 Å². The van der Waals surface area contributed by atoms with E-state index in [0.717, 1.165) is 3.97 Å². The van der Waals surface area contributed by atoms with Crippen LogP contribution in [0.1, 0.15) is 16.1 Å². The summed E-state index contributed by atoms with van der Waals surface area (Å²) >= 11 is 1.32. The molecule has 6 nitrogen and oxygen atoms in total. The third kappa shape index (κ3) is 3.66. The Balaban J connectivity index is 1.74. The lowest BCUT2D eigenvalue weighted by atomic mass is 10.2. The van der Waals surface area contributed by atoms with E-state index in [1.165, 1.54) is 29.8 Å². The average molecular weight is 347 g/mol. The van der Waals surface area contributed by atoms with Crippen LogP contribution in [0.25, 0.3) is 0 Å². The van der Waals surface area contributed by atoms with E-state index in [9.17, 15) is 13.2 Å². The summed E-state index contributed by atoms with van der Waals surface area (Å²) in [4.78, 5) is 15.8. The van der Waals surface area contributed by atoms with Crippen LogP contribution < -0.4 is 5.32 Å². The summed E-state index contributed by atoms with van der Waals surface area (Å²) in [6.07, 6.45) is 2.79. The zero-order valence-electron chi connectivity index (χ0n) is 11.9. The Kier molecular flexibility index (Phi) is 4.26. The molecular formula is C15H13N3O3S2. The molecule has 8 heteroatoms. The van der Waals surface area contributed by atoms with Crippen molar-refractivity contribution in [2.45, 2.75) is 5.75 Å². The van der Waals surface area contributed by atoms with E-state index < -0.39 is 10.0 Å². The number of hydrogen-bond acceptors (Lipinski definition) is 5. The molecule has 0 atom stereocenters. The Bertz CT molecular complexity index is 901. The third-order valence-electron chi connectivity index (χ3n) is 3.10. The van der Waals surface area contributed by atoms with Crippen molar-refractivity contribution < 1.29 is 13.2 Å². The Morgan fingerprint density at radius 1 is 1.22 bits per heavy atom. The zero-order chi connectivity index (χ0) is 16.3. The molecule has 3 aromatic rings. The van der Waals surface area contributed by atoms with Crippen LogP contribution in [-0.4, -0.2) is 23.3 Å². The molecule has 1 amide bonds. The highest BCUT2D eigenvalue weighted by Gasteiger charge is 2.15. The number of anilines is 1. The first kappa shape index (κ1) is 15.4. The molecule has 0 aliphatic heterocycles. The summed E-state index contributed by atoms with van der Waals surface area (Å²) in [7, 11) is -3.53. The molecule has 0 unspecified atom stereocenters. The molecule has 23 heavy (non-hydrogen) atoms. The predicted molar refractivity (Wildman–Crippen MR) is 89.0 cm³/mol. The molecule has 1 N–H and O–H groups in total. The Labute approximate surface area is 137 Å². The van der Waals surface area contributed by atoms with Crippen molar-refractivity contribution >= 4 is 33.0 Å². The average Bonchev–Trinajstić information content (AvgIpc) is 3.19. The van der Waals surface area contributed by atoms with Crippen LogP contribution in [0.4, 0.5) is 5.69 Å². The second-order valence-corrected chi connectivity index (χ2v) is 7.39. The molecule has 3 rings (SSSR count). The lowest BCUT2D eigenvalue weighted by molar-refractivity contribution is 0.102. The van der Waals surface area contributed by atoms with Crippen molar-refractivity contribution in [2.75, 3.05) is 5.32 Å². The normalized spacial score (nSPS) is 11.3. The highest BCUT2D eigenvalue weighted by molar-refractivity contribution is 7.89. The van der Waals surface area contributed by atoms with Crippen LogP contribution in [-0.2, 0) is 15.8 Å². The summed E-state index contributed by atoms with van der Waals surface area (Å²) in [6.45, 7) is 0. The number of carbonyl (C=O) groups excluding carboxylic acids is 1. The number of hydrogen-bond donors (Lipinski definition) is 1. The van der Waals surface area contributed by atoms with Crippen molar-refractivity contribution in [2.24, 2.45) is 0 Å². The first-order chi connectivity index (χ1) is 11.0. The third-order valence-corrected chi connectivity index (χ3v) is 5.26. The van der Waals surface area contributed by atoms with Gasteiger partial charge in [0.2, 0.25) is 10.0 Å². The minimum absolute atomic E-state index is 0.109. The van der Waals surface area contributed by atoms with Crippen LogP contribution in [0, 0.1) is 0 Å². The van der Waals surface area contributed by atoms with Crippen molar-refractivity contribution in [1.29, 1.82) is 0 Å². The monoisotopic (exact) mass is 347 g/mol. The Hall–Kier alpha value is -2.45. The molecular weight excluding hydrogens is 334 g/mol. The van der Waals surface area contributed by atoms with Gasteiger partial charge >= 0.3 is 0 Å². The summed E-state index contributed by atoms with van der Waals surface area (Å²) in [5, 5.41) is 4.24. The van der Waals surface area contributed by atoms with Gasteiger partial charge in [-0.25, -0.2) is 13.4 Å². The highest BCUT2D eigenvalue weighted by Crippen LogP contribution is 2.15. The van der Waals surface area contributed by atoms with E-state index in [4.69, 9.17) is 0 Å². The number of nitrogens with zero attached hydrogens (tertiary/aromatic N) is 2. The molecule has 0 radical (unpaired) electrons. The van der Waals surface area contributed by atoms with Gasteiger partial charge < -0.3 is 5.32 Å². The van der Waals surface area contributed by atoms with Gasteiger partial charge in [0, 0.05) is 17.8 Å². The van der Waals surface area contributed by atoms with Crippen molar-refractivity contribution in [1.82, 2.24) is 8.96 Å². The van der Waals surface area contributed by atoms with Gasteiger partial charge in [-0.2, -0.15) is 0 Å². The fourth-order valence-corrected chi connectivity index (χ4v) is 3.82. The number of amides is 1. The van der Waals surface area contributed by atoms with Gasteiger partial charge in [-0.15, -0.1) is 11.3 Å². The quantitative estimate of drug-likeness (QED) is 0.769. The molecule has 2 aromatic heterocycles. The Morgan fingerprint density at radius 3 is 2.70 bits per heavy atom. The maximum Gasteiger partial charge on any atom is 0.275 e. The summed E-state index contributed by atoms with van der Waals surface area (Å²) < 4.78 is 25.8. The number of carbonyl (C=O) groups is 1. The van der Waals surface area contributed by atoms with Gasteiger partial charge in [0.25, 0.3) is 5.91 Å². The summed E-state index contributed by atoms with van der Waals surface area (Å²) in [5.74, 6) is -0.480. The van der Waals surface area contributed by atoms with E-state index in [2.05, 4.69) is 10.3 Å². The largest absolute Gasteiger partial charge is 0.319 e. The van der Waals surface area contributed by atoms with Crippen LogP contribution in [0.15, 0.2) is 59.7 Å². The topological polar surface area (TPSA) is 81.1 Å². The van der Waals surface area contributed by atoms with Gasteiger partial charge in [-0.05, 0) is 11.6 Å². The van der Waals surface area contributed by atoms with Gasteiger partial charge in [-0.1, -0.05) is 30.3 Å². The van der Waals surface area contributed by atoms with Crippen LogP contribution >= 0.6 is 11.3 Å². The van der Waals surface area contributed by atoms with Crippen molar-refractivity contribution in [3.8, 4) is 0 Å². The molecule has 2 heterocycles. The molecule has 0 aliphatic rings. The number of nitrogens with one attached hydrogen (secondary N) is 1. The van der Waals surface area contributed by atoms with Crippen LogP contribution in [0.5, 0.6) is 0 Å². The minimum atomic E-state index is -3.53. The van der Waals surface area contributed by atoms with Gasteiger partial charge in [0.1, 0.15) is 5.69 Å².